The number of para-hydroxylation sites is 2. The quantitative estimate of drug-likeness (QED) is 0.759. The molecule has 0 saturated carbocycles. The van der Waals surface area contributed by atoms with Crippen LogP contribution >= 0.6 is 0 Å². The smallest absolute Gasteiger partial charge is 0.274 e. The first-order valence-electron chi connectivity index (χ1n) is 6.74. The first-order valence-corrected chi connectivity index (χ1v) is 6.74. The van der Waals surface area contributed by atoms with Gasteiger partial charge in [0.15, 0.2) is 0 Å². The van der Waals surface area contributed by atoms with E-state index in [0.29, 0.717) is 30.4 Å². The Morgan fingerprint density at radius 1 is 1.23 bits per heavy atom. The van der Waals surface area contributed by atoms with E-state index in [4.69, 9.17) is 9.47 Å². The van der Waals surface area contributed by atoms with E-state index in [1.54, 1.807) is 32.4 Å². The molecule has 2 rings (SSSR count). The Balaban J connectivity index is 2.07. The number of aromatic nitrogens is 2. The molecule has 0 spiro atoms. The summed E-state index contributed by atoms with van der Waals surface area (Å²) in [4.78, 5) is 20.3. The van der Waals surface area contributed by atoms with Crippen LogP contribution in [-0.4, -0.2) is 43.2 Å². The Labute approximate surface area is 128 Å². The minimum atomic E-state index is -0.332. The first kappa shape index (κ1) is 15.7. The van der Waals surface area contributed by atoms with E-state index in [2.05, 4.69) is 20.6 Å². The van der Waals surface area contributed by atoms with Gasteiger partial charge in [-0.2, -0.15) is 0 Å². The zero-order valence-corrected chi connectivity index (χ0v) is 12.5. The topological polar surface area (TPSA) is 85.4 Å². The number of carbonyl (C=O) groups is 1. The average molecular weight is 302 g/mol. The molecule has 2 aromatic rings. The lowest BCUT2D eigenvalue weighted by Crippen LogP contribution is -2.16. The predicted octanol–water partition coefficient (Wildman–Crippen LogP) is 1.80. The number of amides is 1. The van der Waals surface area contributed by atoms with E-state index in [9.17, 15) is 4.79 Å². The number of nitrogens with one attached hydrogen (secondary N) is 2. The minimum Gasteiger partial charge on any atom is -0.495 e. The summed E-state index contributed by atoms with van der Waals surface area (Å²) in [7, 11) is 3.17. The van der Waals surface area contributed by atoms with Crippen molar-refractivity contribution >= 4 is 17.4 Å². The molecule has 0 radical (unpaired) electrons. The Hall–Kier alpha value is -2.67. The third kappa shape index (κ3) is 4.16. The van der Waals surface area contributed by atoms with Gasteiger partial charge in [-0.15, -0.1) is 0 Å². The number of ether oxygens (including phenoxy) is 2. The van der Waals surface area contributed by atoms with Gasteiger partial charge >= 0.3 is 0 Å². The Morgan fingerprint density at radius 3 is 2.82 bits per heavy atom. The lowest BCUT2D eigenvalue weighted by molar-refractivity contribution is 0.102. The predicted molar refractivity (Wildman–Crippen MR) is 83.3 cm³/mol. The molecule has 1 heterocycles. The van der Waals surface area contributed by atoms with Crippen molar-refractivity contribution < 1.29 is 14.3 Å². The second-order valence-electron chi connectivity index (χ2n) is 4.36. The molecule has 0 atom stereocenters. The van der Waals surface area contributed by atoms with Crippen molar-refractivity contribution in [3.63, 3.8) is 0 Å². The van der Waals surface area contributed by atoms with Gasteiger partial charge in [-0.25, -0.2) is 9.97 Å². The molecular formula is C15H18N4O3. The number of methoxy groups -OCH3 is 2. The van der Waals surface area contributed by atoms with Gasteiger partial charge < -0.3 is 20.1 Å². The summed E-state index contributed by atoms with van der Waals surface area (Å²) in [6.45, 7) is 1.15. The fraction of sp³-hybridized carbons (Fsp3) is 0.267. The largest absolute Gasteiger partial charge is 0.495 e. The number of nitrogens with zero attached hydrogens (tertiary/aromatic N) is 2. The maximum absolute atomic E-state index is 12.3. The van der Waals surface area contributed by atoms with Gasteiger partial charge in [-0.1, -0.05) is 12.1 Å². The van der Waals surface area contributed by atoms with Crippen LogP contribution < -0.4 is 15.4 Å². The highest BCUT2D eigenvalue weighted by Crippen LogP contribution is 2.23. The summed E-state index contributed by atoms with van der Waals surface area (Å²) in [5.41, 5.74) is 0.850. The molecule has 0 aliphatic carbocycles. The van der Waals surface area contributed by atoms with Crippen LogP contribution in [0.3, 0.4) is 0 Å². The number of hydrogen-bond acceptors (Lipinski definition) is 6. The van der Waals surface area contributed by atoms with Crippen LogP contribution in [0, 0.1) is 0 Å². The van der Waals surface area contributed by atoms with Gasteiger partial charge in [0.05, 0.1) is 19.4 Å². The maximum Gasteiger partial charge on any atom is 0.274 e. The Bertz CT molecular complexity index is 634. The Morgan fingerprint density at radius 2 is 2.05 bits per heavy atom. The lowest BCUT2D eigenvalue weighted by Gasteiger charge is -2.10. The standard InChI is InChI=1S/C15H18N4O3/c1-21-8-7-16-14-9-12(17-10-18-14)15(20)19-11-5-3-4-6-13(11)22-2/h3-6,9-10H,7-8H2,1-2H3,(H,19,20)(H,16,17,18). The molecule has 1 aromatic heterocycles. The third-order valence-electron chi connectivity index (χ3n) is 2.87. The van der Waals surface area contributed by atoms with Crippen molar-refractivity contribution in [2.45, 2.75) is 0 Å². The Kier molecular flexibility index (Phi) is 5.67. The lowest BCUT2D eigenvalue weighted by atomic mass is 10.2. The van der Waals surface area contributed by atoms with Crippen molar-refractivity contribution in [1.29, 1.82) is 0 Å². The molecule has 7 nitrogen and oxygen atoms in total. The molecule has 22 heavy (non-hydrogen) atoms. The molecular weight excluding hydrogens is 284 g/mol. The van der Waals surface area contributed by atoms with Gasteiger partial charge in [-0.05, 0) is 12.1 Å². The number of hydrogen-bond donors (Lipinski definition) is 2. The average Bonchev–Trinajstić information content (AvgIpc) is 2.56. The van der Waals surface area contributed by atoms with E-state index in [1.165, 1.54) is 6.33 Å². The van der Waals surface area contributed by atoms with Gasteiger partial charge in [0.2, 0.25) is 0 Å². The SMILES string of the molecule is COCCNc1cc(C(=O)Nc2ccccc2OC)ncn1. The van der Waals surface area contributed by atoms with Gasteiger partial charge in [0, 0.05) is 19.7 Å². The molecule has 1 aromatic carbocycles. The van der Waals surface area contributed by atoms with Gasteiger partial charge in [0.1, 0.15) is 23.6 Å². The fourth-order valence-electron chi connectivity index (χ4n) is 1.79. The number of carbonyl (C=O) groups excluding carboxylic acids is 1. The summed E-state index contributed by atoms with van der Waals surface area (Å²) < 4.78 is 10.1. The molecule has 0 fully saturated rings. The van der Waals surface area contributed by atoms with Gasteiger partial charge in [-0.3, -0.25) is 4.79 Å². The zero-order valence-electron chi connectivity index (χ0n) is 12.5. The monoisotopic (exact) mass is 302 g/mol. The molecule has 116 valence electrons. The second-order valence-corrected chi connectivity index (χ2v) is 4.36. The summed E-state index contributed by atoms with van der Waals surface area (Å²) in [6, 6.07) is 8.76. The minimum absolute atomic E-state index is 0.265. The third-order valence-corrected chi connectivity index (χ3v) is 2.87. The van der Waals surface area contributed by atoms with E-state index in [1.807, 2.05) is 12.1 Å². The zero-order chi connectivity index (χ0) is 15.8. The molecule has 0 aliphatic rings. The van der Waals surface area contributed by atoms with E-state index in [0.717, 1.165) is 0 Å². The highest BCUT2D eigenvalue weighted by molar-refractivity contribution is 6.04. The highest BCUT2D eigenvalue weighted by Gasteiger charge is 2.11. The summed E-state index contributed by atoms with van der Waals surface area (Å²) in [5, 5.41) is 5.81. The van der Waals surface area contributed by atoms with Crippen LogP contribution in [0.5, 0.6) is 5.75 Å². The highest BCUT2D eigenvalue weighted by atomic mass is 16.5. The van der Waals surface area contributed by atoms with Crippen molar-refractivity contribution in [2.75, 3.05) is 38.0 Å². The number of benzene rings is 1. The molecule has 0 unspecified atom stereocenters. The summed E-state index contributed by atoms with van der Waals surface area (Å²) in [5.74, 6) is 0.822. The molecule has 0 aliphatic heterocycles. The van der Waals surface area contributed by atoms with E-state index < -0.39 is 0 Å². The van der Waals surface area contributed by atoms with Crippen molar-refractivity contribution in [3.8, 4) is 5.75 Å². The van der Waals surface area contributed by atoms with Crippen molar-refractivity contribution in [1.82, 2.24) is 9.97 Å². The molecule has 7 heteroatoms. The molecule has 1 amide bonds. The van der Waals surface area contributed by atoms with Crippen LogP contribution in [-0.2, 0) is 4.74 Å². The number of anilines is 2. The second kappa shape index (κ2) is 7.94. The molecule has 0 saturated heterocycles. The maximum atomic E-state index is 12.3. The van der Waals surface area contributed by atoms with Crippen LogP contribution in [0.4, 0.5) is 11.5 Å². The van der Waals surface area contributed by atoms with E-state index in [-0.39, 0.29) is 11.6 Å². The van der Waals surface area contributed by atoms with Crippen LogP contribution in [0.2, 0.25) is 0 Å². The van der Waals surface area contributed by atoms with Crippen LogP contribution in [0.15, 0.2) is 36.7 Å². The van der Waals surface area contributed by atoms with Crippen LogP contribution in [0.1, 0.15) is 10.5 Å². The summed E-state index contributed by atoms with van der Waals surface area (Å²) >= 11 is 0. The van der Waals surface area contributed by atoms with Crippen molar-refractivity contribution in [2.24, 2.45) is 0 Å². The van der Waals surface area contributed by atoms with Crippen molar-refractivity contribution in [3.05, 3.63) is 42.4 Å². The fourth-order valence-corrected chi connectivity index (χ4v) is 1.79. The van der Waals surface area contributed by atoms with Gasteiger partial charge in [0.25, 0.3) is 5.91 Å². The normalized spacial score (nSPS) is 10.1. The van der Waals surface area contributed by atoms with Crippen LogP contribution in [0.25, 0.3) is 0 Å². The molecule has 0 bridgehead atoms. The number of rotatable bonds is 7. The first-order chi connectivity index (χ1) is 10.7. The molecule has 2 N–H and O–H groups in total. The summed E-state index contributed by atoms with van der Waals surface area (Å²) in [6.07, 6.45) is 1.34. The van der Waals surface area contributed by atoms with E-state index >= 15 is 0 Å².